The van der Waals surface area contributed by atoms with E-state index in [4.69, 9.17) is 9.15 Å². The minimum atomic E-state index is 0.348. The van der Waals surface area contributed by atoms with Gasteiger partial charge in [0.2, 0.25) is 0 Å². The molecule has 1 aromatic rings. The van der Waals surface area contributed by atoms with E-state index in [1.807, 2.05) is 12.1 Å². The highest BCUT2D eigenvalue weighted by molar-refractivity contribution is 5.03. The number of ether oxygens (including phenoxy) is 1. The van der Waals surface area contributed by atoms with Gasteiger partial charge in [0.05, 0.1) is 18.9 Å². The topological polar surface area (TPSA) is 34.4 Å². The van der Waals surface area contributed by atoms with E-state index in [-0.39, 0.29) is 0 Å². The predicted octanol–water partition coefficient (Wildman–Crippen LogP) is 2.36. The van der Waals surface area contributed by atoms with Crippen LogP contribution in [0.25, 0.3) is 0 Å². The van der Waals surface area contributed by atoms with Gasteiger partial charge in [-0.05, 0) is 30.9 Å². The first-order valence-corrected chi connectivity index (χ1v) is 5.74. The summed E-state index contributed by atoms with van der Waals surface area (Å²) in [5, 5.41) is 3.54. The smallest absolute Gasteiger partial charge is 0.120 e. The lowest BCUT2D eigenvalue weighted by Gasteiger charge is -2.16. The van der Waals surface area contributed by atoms with Gasteiger partial charge < -0.3 is 14.5 Å². The highest BCUT2D eigenvalue weighted by atomic mass is 16.5. The molecule has 0 amide bonds. The molecule has 2 unspecified atom stereocenters. The van der Waals surface area contributed by atoms with Crippen molar-refractivity contribution in [1.29, 1.82) is 0 Å². The molecular formula is C12H19NO2. The summed E-state index contributed by atoms with van der Waals surface area (Å²) in [5.41, 5.74) is 0. The van der Waals surface area contributed by atoms with E-state index in [1.165, 1.54) is 6.42 Å². The molecule has 1 aliphatic heterocycles. The molecule has 1 aromatic heterocycles. The molecule has 0 aliphatic carbocycles. The monoisotopic (exact) mass is 209 g/mol. The second-order valence-corrected chi connectivity index (χ2v) is 4.11. The highest BCUT2D eigenvalue weighted by Crippen LogP contribution is 2.18. The zero-order chi connectivity index (χ0) is 10.5. The average Bonchev–Trinajstić information content (AvgIpc) is 2.90. The van der Waals surface area contributed by atoms with Gasteiger partial charge in [0.25, 0.3) is 0 Å². The van der Waals surface area contributed by atoms with Gasteiger partial charge in [-0.15, -0.1) is 0 Å². The summed E-state index contributed by atoms with van der Waals surface area (Å²) in [6, 6.07) is 4.32. The maximum absolute atomic E-state index is 5.41. The maximum atomic E-state index is 5.41. The molecule has 2 rings (SSSR count). The number of hydrogen-bond acceptors (Lipinski definition) is 3. The molecule has 1 N–H and O–H groups in total. The number of furan rings is 1. The maximum Gasteiger partial charge on any atom is 0.120 e. The van der Waals surface area contributed by atoms with Crippen LogP contribution < -0.4 is 5.32 Å². The first-order valence-electron chi connectivity index (χ1n) is 5.74. The van der Waals surface area contributed by atoms with Crippen molar-refractivity contribution in [3.8, 4) is 0 Å². The van der Waals surface area contributed by atoms with E-state index in [0.29, 0.717) is 12.0 Å². The second kappa shape index (κ2) is 5.33. The predicted molar refractivity (Wildman–Crippen MR) is 58.7 cm³/mol. The van der Waals surface area contributed by atoms with E-state index in [0.717, 1.165) is 31.9 Å². The Labute approximate surface area is 90.8 Å². The summed E-state index contributed by atoms with van der Waals surface area (Å²) in [7, 11) is 0. The van der Waals surface area contributed by atoms with Crippen LogP contribution in [-0.2, 0) is 4.74 Å². The van der Waals surface area contributed by atoms with Crippen LogP contribution in [0.5, 0.6) is 0 Å². The van der Waals surface area contributed by atoms with Crippen molar-refractivity contribution in [3.63, 3.8) is 0 Å². The summed E-state index contributed by atoms with van der Waals surface area (Å²) < 4.78 is 10.8. The molecule has 3 heteroatoms. The van der Waals surface area contributed by atoms with Gasteiger partial charge >= 0.3 is 0 Å². The Bertz CT molecular complexity index is 265. The van der Waals surface area contributed by atoms with Crippen LogP contribution in [0.4, 0.5) is 0 Å². The molecule has 2 atom stereocenters. The van der Waals surface area contributed by atoms with Crippen LogP contribution in [0.1, 0.15) is 31.6 Å². The molecule has 0 saturated carbocycles. The average molecular weight is 209 g/mol. The highest BCUT2D eigenvalue weighted by Gasteiger charge is 2.18. The molecule has 1 aliphatic rings. The molecule has 3 nitrogen and oxygen atoms in total. The van der Waals surface area contributed by atoms with Gasteiger partial charge in [0, 0.05) is 13.2 Å². The summed E-state index contributed by atoms with van der Waals surface area (Å²) >= 11 is 0. The van der Waals surface area contributed by atoms with Gasteiger partial charge in [-0.25, -0.2) is 0 Å². The summed E-state index contributed by atoms with van der Waals surface area (Å²) in [6.07, 6.45) is 3.97. The third-order valence-electron chi connectivity index (χ3n) is 2.97. The minimum absolute atomic E-state index is 0.348. The number of hydrogen-bond donors (Lipinski definition) is 1. The van der Waals surface area contributed by atoms with Crippen LogP contribution in [0.3, 0.4) is 0 Å². The van der Waals surface area contributed by atoms with E-state index in [2.05, 4.69) is 12.2 Å². The fourth-order valence-electron chi connectivity index (χ4n) is 1.99. The molecule has 1 saturated heterocycles. The Morgan fingerprint density at radius 2 is 2.53 bits per heavy atom. The van der Waals surface area contributed by atoms with Crippen molar-refractivity contribution in [3.05, 3.63) is 24.2 Å². The zero-order valence-electron chi connectivity index (χ0n) is 9.24. The van der Waals surface area contributed by atoms with Gasteiger partial charge in [-0.2, -0.15) is 0 Å². The molecule has 15 heavy (non-hydrogen) atoms. The quantitative estimate of drug-likeness (QED) is 0.808. The van der Waals surface area contributed by atoms with E-state index < -0.39 is 0 Å². The third kappa shape index (κ3) is 2.83. The lowest BCUT2D eigenvalue weighted by atomic mass is 10.1. The first kappa shape index (κ1) is 10.7. The fraction of sp³-hybridized carbons (Fsp3) is 0.667. The van der Waals surface area contributed by atoms with Crippen molar-refractivity contribution in [2.24, 2.45) is 5.92 Å². The Hall–Kier alpha value is -0.800. The van der Waals surface area contributed by atoms with Crippen molar-refractivity contribution in [1.82, 2.24) is 5.32 Å². The fourth-order valence-corrected chi connectivity index (χ4v) is 1.99. The van der Waals surface area contributed by atoms with Crippen molar-refractivity contribution < 1.29 is 9.15 Å². The lowest BCUT2D eigenvalue weighted by molar-refractivity contribution is 0.184. The Morgan fingerprint density at radius 1 is 1.60 bits per heavy atom. The van der Waals surface area contributed by atoms with Crippen LogP contribution in [0, 0.1) is 5.92 Å². The van der Waals surface area contributed by atoms with Gasteiger partial charge in [-0.1, -0.05) is 6.92 Å². The van der Waals surface area contributed by atoms with Gasteiger partial charge in [-0.3, -0.25) is 0 Å². The molecule has 0 aromatic carbocycles. The number of rotatable bonds is 5. The summed E-state index contributed by atoms with van der Waals surface area (Å²) in [4.78, 5) is 0. The van der Waals surface area contributed by atoms with Crippen LogP contribution in [0.2, 0.25) is 0 Å². The Morgan fingerprint density at radius 3 is 3.13 bits per heavy atom. The van der Waals surface area contributed by atoms with E-state index >= 15 is 0 Å². The van der Waals surface area contributed by atoms with Crippen molar-refractivity contribution in [2.75, 3.05) is 19.8 Å². The minimum Gasteiger partial charge on any atom is -0.468 e. The zero-order valence-corrected chi connectivity index (χ0v) is 9.24. The standard InChI is InChI=1S/C12H19NO2/c1-2-11(12-4-3-6-15-12)13-8-10-5-7-14-9-10/h3-4,6,10-11,13H,2,5,7-9H2,1H3. The normalized spacial score (nSPS) is 23.1. The summed E-state index contributed by atoms with van der Waals surface area (Å²) in [6.45, 7) is 5.02. The van der Waals surface area contributed by atoms with Gasteiger partial charge in [0.1, 0.15) is 5.76 Å². The van der Waals surface area contributed by atoms with Crippen molar-refractivity contribution in [2.45, 2.75) is 25.8 Å². The Balaban J connectivity index is 1.80. The first-order chi connectivity index (χ1) is 7.40. The number of nitrogens with one attached hydrogen (secondary N) is 1. The molecule has 2 heterocycles. The largest absolute Gasteiger partial charge is 0.468 e. The molecule has 84 valence electrons. The summed E-state index contributed by atoms with van der Waals surface area (Å²) in [5.74, 6) is 1.71. The SMILES string of the molecule is CCC(NCC1CCOC1)c1ccco1. The van der Waals surface area contributed by atoms with Crippen LogP contribution in [-0.4, -0.2) is 19.8 Å². The molecule has 0 bridgehead atoms. The lowest BCUT2D eigenvalue weighted by Crippen LogP contribution is -2.27. The second-order valence-electron chi connectivity index (χ2n) is 4.11. The van der Waals surface area contributed by atoms with E-state index in [9.17, 15) is 0 Å². The molecule has 0 radical (unpaired) electrons. The third-order valence-corrected chi connectivity index (χ3v) is 2.97. The van der Waals surface area contributed by atoms with Crippen LogP contribution >= 0.6 is 0 Å². The van der Waals surface area contributed by atoms with Crippen LogP contribution in [0.15, 0.2) is 22.8 Å². The van der Waals surface area contributed by atoms with E-state index in [1.54, 1.807) is 6.26 Å². The Kier molecular flexibility index (Phi) is 3.80. The van der Waals surface area contributed by atoms with Gasteiger partial charge in [0.15, 0.2) is 0 Å². The van der Waals surface area contributed by atoms with Crippen molar-refractivity contribution >= 4 is 0 Å². The molecular weight excluding hydrogens is 190 g/mol. The molecule has 1 fully saturated rings. The molecule has 0 spiro atoms.